The molecule has 2 heterocycles. The van der Waals surface area contributed by atoms with Gasteiger partial charge in [-0.1, -0.05) is 17.8 Å². The van der Waals surface area contributed by atoms with Gasteiger partial charge in [-0.3, -0.25) is 19.0 Å². The lowest BCUT2D eigenvalue weighted by atomic mass is 9.97. The third-order valence-corrected chi connectivity index (χ3v) is 6.95. The van der Waals surface area contributed by atoms with Crippen LogP contribution in [0.4, 0.5) is 0 Å². The Hall–Kier alpha value is -2.13. The lowest BCUT2D eigenvalue weighted by molar-refractivity contribution is -0.140. The Morgan fingerprint density at radius 2 is 2.17 bits per heavy atom. The number of fused-ring (bicyclic) bond motifs is 3. The second-order valence-corrected chi connectivity index (χ2v) is 8.83. The zero-order valence-corrected chi connectivity index (χ0v) is 18.1. The number of allylic oxidation sites excluding steroid dienone is 1. The van der Waals surface area contributed by atoms with E-state index in [1.165, 1.54) is 23.7 Å². The number of methoxy groups -OCH3 is 1. The highest BCUT2D eigenvalue weighted by molar-refractivity contribution is 7.99. The molecule has 1 amide bonds. The number of carbonyl (C=O) groups excluding carboxylic acids is 2. The molecular weight excluding hydrogens is 410 g/mol. The van der Waals surface area contributed by atoms with E-state index in [-0.39, 0.29) is 29.6 Å². The van der Waals surface area contributed by atoms with Gasteiger partial charge >= 0.3 is 5.97 Å². The maximum atomic E-state index is 13.1. The highest BCUT2D eigenvalue weighted by atomic mass is 32.2. The zero-order valence-electron chi connectivity index (χ0n) is 16.5. The first-order valence-corrected chi connectivity index (χ1v) is 11.5. The summed E-state index contributed by atoms with van der Waals surface area (Å²) in [6.07, 6.45) is 6.66. The number of nitrogens with zero attached hydrogens (tertiary/aromatic N) is 2. The highest BCUT2D eigenvalue weighted by Gasteiger charge is 2.22. The molecule has 0 bridgehead atoms. The minimum atomic E-state index is -0.293. The Morgan fingerprint density at radius 3 is 2.93 bits per heavy atom. The van der Waals surface area contributed by atoms with E-state index in [4.69, 9.17) is 4.98 Å². The van der Waals surface area contributed by atoms with Crippen LogP contribution in [-0.4, -0.2) is 40.8 Å². The maximum Gasteiger partial charge on any atom is 0.305 e. The quantitative estimate of drug-likeness (QED) is 0.214. The molecule has 0 atom stereocenters. The van der Waals surface area contributed by atoms with Crippen LogP contribution in [0.25, 0.3) is 10.2 Å². The summed E-state index contributed by atoms with van der Waals surface area (Å²) in [5.41, 5.74) is 1.11. The van der Waals surface area contributed by atoms with Crippen LogP contribution in [0.2, 0.25) is 0 Å². The standard InChI is InChI=1S/C20H25N3O4S2/c1-3-11-23-19(26)17-13-7-4-5-8-14(13)29-18(17)22-20(23)28-12-15(24)21-10-6-9-16(25)27-2/h3H,1,4-12H2,2H3,(H,21,24). The zero-order chi connectivity index (χ0) is 20.8. The summed E-state index contributed by atoms with van der Waals surface area (Å²) in [7, 11) is 1.34. The van der Waals surface area contributed by atoms with Crippen molar-refractivity contribution in [1.82, 2.24) is 14.9 Å². The first-order valence-electron chi connectivity index (χ1n) is 9.67. The molecule has 29 heavy (non-hydrogen) atoms. The highest BCUT2D eigenvalue weighted by Crippen LogP contribution is 2.34. The largest absolute Gasteiger partial charge is 0.469 e. The van der Waals surface area contributed by atoms with Gasteiger partial charge in [0.2, 0.25) is 5.91 Å². The van der Waals surface area contributed by atoms with Crippen molar-refractivity contribution in [3.8, 4) is 0 Å². The molecule has 0 saturated heterocycles. The van der Waals surface area contributed by atoms with Gasteiger partial charge in [-0.25, -0.2) is 4.98 Å². The Morgan fingerprint density at radius 1 is 1.38 bits per heavy atom. The number of hydrogen-bond acceptors (Lipinski definition) is 7. The number of aryl methyl sites for hydroxylation is 2. The molecule has 1 N–H and O–H groups in total. The van der Waals surface area contributed by atoms with Crippen LogP contribution in [0.3, 0.4) is 0 Å². The molecule has 1 aliphatic carbocycles. The van der Waals surface area contributed by atoms with Gasteiger partial charge in [0.1, 0.15) is 4.83 Å². The van der Waals surface area contributed by atoms with Gasteiger partial charge in [-0.05, 0) is 37.7 Å². The Labute approximate surface area is 177 Å². The SMILES string of the molecule is C=CCn1c(SCC(=O)NCCCC(=O)OC)nc2sc3c(c2c1=O)CCCC3. The van der Waals surface area contributed by atoms with Gasteiger partial charge in [0.15, 0.2) is 5.16 Å². The summed E-state index contributed by atoms with van der Waals surface area (Å²) in [4.78, 5) is 43.1. The molecule has 7 nitrogen and oxygen atoms in total. The molecule has 2 aromatic heterocycles. The predicted molar refractivity (Wildman–Crippen MR) is 116 cm³/mol. The first kappa shape index (κ1) is 21.6. The van der Waals surface area contributed by atoms with E-state index in [0.717, 1.165) is 41.5 Å². The van der Waals surface area contributed by atoms with Crippen molar-refractivity contribution >= 4 is 45.2 Å². The molecule has 3 rings (SSSR count). The molecule has 0 unspecified atom stereocenters. The minimum absolute atomic E-state index is 0.0460. The average Bonchev–Trinajstić information content (AvgIpc) is 3.10. The summed E-state index contributed by atoms with van der Waals surface area (Å²) in [6.45, 7) is 4.51. The van der Waals surface area contributed by atoms with Gasteiger partial charge in [0.05, 0.1) is 18.2 Å². The number of amides is 1. The summed E-state index contributed by atoms with van der Waals surface area (Å²) in [5, 5.41) is 4.05. The van der Waals surface area contributed by atoms with Gasteiger partial charge < -0.3 is 10.1 Å². The minimum Gasteiger partial charge on any atom is -0.469 e. The van der Waals surface area contributed by atoms with Crippen LogP contribution in [-0.2, 0) is 33.7 Å². The van der Waals surface area contributed by atoms with Crippen LogP contribution < -0.4 is 10.9 Å². The smallest absolute Gasteiger partial charge is 0.305 e. The number of thioether (sulfide) groups is 1. The second-order valence-electron chi connectivity index (χ2n) is 6.81. The normalized spacial score (nSPS) is 13.1. The summed E-state index contributed by atoms with van der Waals surface area (Å²) in [6, 6.07) is 0. The Balaban J connectivity index is 1.72. The number of nitrogens with one attached hydrogen (secondary N) is 1. The van der Waals surface area contributed by atoms with Gasteiger partial charge in [0.25, 0.3) is 5.56 Å². The number of esters is 1. The third-order valence-electron chi connectivity index (χ3n) is 4.79. The number of carbonyl (C=O) groups is 2. The van der Waals surface area contributed by atoms with Crippen LogP contribution >= 0.6 is 23.1 Å². The average molecular weight is 436 g/mol. The number of thiophene rings is 1. The topological polar surface area (TPSA) is 90.3 Å². The number of aromatic nitrogens is 2. The van der Waals surface area contributed by atoms with Crippen molar-refractivity contribution in [2.24, 2.45) is 0 Å². The van der Waals surface area contributed by atoms with Crippen molar-refractivity contribution in [3.05, 3.63) is 33.4 Å². The Kier molecular flexibility index (Phi) is 7.49. The fourth-order valence-corrected chi connectivity index (χ4v) is 5.50. The molecule has 156 valence electrons. The van der Waals surface area contributed by atoms with Crippen LogP contribution in [0.1, 0.15) is 36.1 Å². The molecule has 9 heteroatoms. The van der Waals surface area contributed by atoms with Crippen LogP contribution in [0, 0.1) is 0 Å². The van der Waals surface area contributed by atoms with Crippen molar-refractivity contribution in [2.75, 3.05) is 19.4 Å². The van der Waals surface area contributed by atoms with Crippen LogP contribution in [0.15, 0.2) is 22.6 Å². The van der Waals surface area contributed by atoms with E-state index < -0.39 is 0 Å². The van der Waals surface area contributed by atoms with Crippen molar-refractivity contribution in [3.63, 3.8) is 0 Å². The molecule has 0 saturated carbocycles. The number of ether oxygens (including phenoxy) is 1. The van der Waals surface area contributed by atoms with E-state index in [1.807, 2.05) is 0 Å². The van der Waals surface area contributed by atoms with Crippen molar-refractivity contribution < 1.29 is 14.3 Å². The van der Waals surface area contributed by atoms with E-state index in [2.05, 4.69) is 16.6 Å². The first-order chi connectivity index (χ1) is 14.0. The molecule has 0 aliphatic heterocycles. The molecule has 0 aromatic carbocycles. The number of rotatable bonds is 9. The van der Waals surface area contributed by atoms with Gasteiger partial charge in [0, 0.05) is 24.4 Å². The lowest BCUT2D eigenvalue weighted by Gasteiger charge is -2.12. The Bertz CT molecular complexity index is 980. The lowest BCUT2D eigenvalue weighted by Crippen LogP contribution is -2.28. The summed E-state index contributed by atoms with van der Waals surface area (Å²) < 4.78 is 6.18. The number of hydrogen-bond donors (Lipinski definition) is 1. The monoisotopic (exact) mass is 435 g/mol. The molecule has 1 aliphatic rings. The molecule has 0 radical (unpaired) electrons. The summed E-state index contributed by atoms with van der Waals surface area (Å²) >= 11 is 2.85. The molecular formula is C20H25N3O4S2. The van der Waals surface area contributed by atoms with E-state index in [1.54, 1.807) is 22.0 Å². The van der Waals surface area contributed by atoms with E-state index >= 15 is 0 Å². The van der Waals surface area contributed by atoms with Crippen molar-refractivity contribution in [2.45, 2.75) is 50.2 Å². The molecule has 0 fully saturated rings. The van der Waals surface area contributed by atoms with E-state index in [9.17, 15) is 14.4 Å². The van der Waals surface area contributed by atoms with E-state index in [0.29, 0.717) is 24.7 Å². The fourth-order valence-electron chi connectivity index (χ4n) is 3.36. The predicted octanol–water partition coefficient (Wildman–Crippen LogP) is 2.68. The van der Waals surface area contributed by atoms with Gasteiger partial charge in [-0.15, -0.1) is 17.9 Å². The maximum absolute atomic E-state index is 13.1. The van der Waals surface area contributed by atoms with Crippen LogP contribution in [0.5, 0.6) is 0 Å². The van der Waals surface area contributed by atoms with Crippen molar-refractivity contribution in [1.29, 1.82) is 0 Å². The molecule has 2 aromatic rings. The third kappa shape index (κ3) is 5.08. The fraction of sp³-hybridized carbons (Fsp3) is 0.500. The molecule has 0 spiro atoms. The summed E-state index contributed by atoms with van der Waals surface area (Å²) in [5.74, 6) is -0.304. The van der Waals surface area contributed by atoms with Gasteiger partial charge in [-0.2, -0.15) is 0 Å². The second kappa shape index (κ2) is 10.1.